The van der Waals surface area contributed by atoms with Gasteiger partial charge in [-0.1, -0.05) is 11.6 Å². The summed E-state index contributed by atoms with van der Waals surface area (Å²) in [6.45, 7) is 6.38. The molecule has 3 heterocycles. The second kappa shape index (κ2) is 10.1. The van der Waals surface area contributed by atoms with Crippen molar-refractivity contribution in [3.8, 4) is 5.75 Å². The highest BCUT2D eigenvalue weighted by Crippen LogP contribution is 2.22. The van der Waals surface area contributed by atoms with E-state index < -0.39 is 5.91 Å². The number of anilines is 1. The summed E-state index contributed by atoms with van der Waals surface area (Å²) in [5, 5.41) is 11.9. The Kier molecular flexibility index (Phi) is 6.95. The molecule has 3 aromatic rings. The van der Waals surface area contributed by atoms with Crippen molar-refractivity contribution in [2.75, 3.05) is 31.6 Å². The second-order valence-electron chi connectivity index (χ2n) is 7.51. The van der Waals surface area contributed by atoms with Crippen LogP contribution in [0.15, 0.2) is 36.7 Å². The Hall–Kier alpha value is -3.37. The normalized spacial score (nSPS) is 13.7. The molecule has 1 saturated heterocycles. The Balaban J connectivity index is 1.43. The van der Waals surface area contributed by atoms with Crippen molar-refractivity contribution in [2.24, 2.45) is 0 Å². The molecule has 2 aromatic heterocycles. The van der Waals surface area contributed by atoms with Crippen LogP contribution in [0.2, 0.25) is 5.02 Å². The van der Waals surface area contributed by atoms with Gasteiger partial charge in [-0.15, -0.1) is 0 Å². The van der Waals surface area contributed by atoms with Crippen molar-refractivity contribution in [1.82, 2.24) is 24.5 Å². The van der Waals surface area contributed by atoms with Crippen LogP contribution in [0.1, 0.15) is 33.5 Å². The lowest BCUT2D eigenvalue weighted by Crippen LogP contribution is -2.41. The zero-order chi connectivity index (χ0) is 23.4. The molecule has 1 aromatic carbocycles. The summed E-state index contributed by atoms with van der Waals surface area (Å²) < 4.78 is 14.1. The first-order valence-electron chi connectivity index (χ1n) is 10.6. The van der Waals surface area contributed by atoms with E-state index in [2.05, 4.69) is 15.5 Å². The van der Waals surface area contributed by atoms with Gasteiger partial charge < -0.3 is 19.7 Å². The maximum absolute atomic E-state index is 13.1. The number of hydrogen-bond acceptors (Lipinski definition) is 6. The highest BCUT2D eigenvalue weighted by atomic mass is 35.5. The largest absolute Gasteiger partial charge is 0.471 e. The molecule has 2 amide bonds. The predicted molar refractivity (Wildman–Crippen MR) is 122 cm³/mol. The van der Waals surface area contributed by atoms with Crippen LogP contribution >= 0.6 is 11.6 Å². The van der Waals surface area contributed by atoms with Gasteiger partial charge in [0, 0.05) is 30.9 Å². The fraction of sp³-hybridized carbons (Fsp3) is 0.364. The van der Waals surface area contributed by atoms with Gasteiger partial charge in [0.15, 0.2) is 12.4 Å². The van der Waals surface area contributed by atoms with Crippen LogP contribution in [-0.4, -0.2) is 62.6 Å². The third-order valence-electron chi connectivity index (χ3n) is 5.25. The van der Waals surface area contributed by atoms with E-state index in [0.717, 1.165) is 5.56 Å². The van der Waals surface area contributed by atoms with Crippen LogP contribution in [0.25, 0.3) is 0 Å². The molecule has 1 aliphatic heterocycles. The number of benzene rings is 1. The van der Waals surface area contributed by atoms with E-state index in [-0.39, 0.29) is 18.3 Å². The predicted octanol–water partition coefficient (Wildman–Crippen LogP) is 2.82. The van der Waals surface area contributed by atoms with E-state index in [0.29, 0.717) is 55.0 Å². The summed E-state index contributed by atoms with van der Waals surface area (Å²) in [4.78, 5) is 27.6. The zero-order valence-electron chi connectivity index (χ0n) is 18.5. The number of ether oxygens (including phenoxy) is 2. The molecular weight excluding hydrogens is 448 g/mol. The van der Waals surface area contributed by atoms with Gasteiger partial charge in [-0.2, -0.15) is 10.2 Å². The molecule has 4 rings (SSSR count). The molecule has 10 nitrogen and oxygen atoms in total. The molecule has 0 spiro atoms. The lowest BCUT2D eigenvalue weighted by Gasteiger charge is -2.27. The molecule has 1 N–H and O–H groups in total. The molecule has 0 atom stereocenters. The quantitative estimate of drug-likeness (QED) is 0.567. The van der Waals surface area contributed by atoms with E-state index in [1.165, 1.54) is 10.9 Å². The summed E-state index contributed by atoms with van der Waals surface area (Å²) in [7, 11) is 0. The van der Waals surface area contributed by atoms with Crippen molar-refractivity contribution in [3.63, 3.8) is 0 Å². The maximum Gasteiger partial charge on any atom is 0.276 e. The third-order valence-corrected chi connectivity index (χ3v) is 5.68. The monoisotopic (exact) mass is 472 g/mol. The fourth-order valence-electron chi connectivity index (χ4n) is 3.45. The molecular formula is C22H25ClN6O4. The van der Waals surface area contributed by atoms with Crippen LogP contribution in [0.4, 0.5) is 5.69 Å². The number of rotatable bonds is 7. The van der Waals surface area contributed by atoms with Crippen LogP contribution in [0, 0.1) is 6.92 Å². The van der Waals surface area contributed by atoms with Gasteiger partial charge in [0.1, 0.15) is 11.4 Å². The Morgan fingerprint density at radius 1 is 1.24 bits per heavy atom. The molecule has 1 aliphatic rings. The number of morpholine rings is 1. The minimum Gasteiger partial charge on any atom is -0.471 e. The number of amides is 2. The number of aryl methyl sites for hydroxylation is 2. The number of hydrogen-bond donors (Lipinski definition) is 1. The summed E-state index contributed by atoms with van der Waals surface area (Å²) in [5.41, 5.74) is 1.79. The summed E-state index contributed by atoms with van der Waals surface area (Å²) in [6.07, 6.45) is 3.13. The molecule has 0 unspecified atom stereocenters. The Labute approximate surface area is 196 Å². The molecule has 11 heteroatoms. The van der Waals surface area contributed by atoms with Crippen LogP contribution in [0.3, 0.4) is 0 Å². The van der Waals surface area contributed by atoms with Gasteiger partial charge in [-0.3, -0.25) is 14.3 Å². The Morgan fingerprint density at radius 2 is 2.03 bits per heavy atom. The van der Waals surface area contributed by atoms with Gasteiger partial charge >= 0.3 is 0 Å². The molecule has 0 bridgehead atoms. The molecule has 0 radical (unpaired) electrons. The minimum absolute atomic E-state index is 0.128. The number of carbonyl (C=O) groups excluding carboxylic acids is 2. The Morgan fingerprint density at radius 3 is 2.76 bits per heavy atom. The van der Waals surface area contributed by atoms with E-state index in [4.69, 9.17) is 21.1 Å². The van der Waals surface area contributed by atoms with Crippen molar-refractivity contribution in [2.45, 2.75) is 27.1 Å². The number of halogens is 1. The van der Waals surface area contributed by atoms with Gasteiger partial charge in [0.2, 0.25) is 0 Å². The maximum atomic E-state index is 13.1. The highest BCUT2D eigenvalue weighted by Gasteiger charge is 2.26. The van der Waals surface area contributed by atoms with Crippen LogP contribution in [0.5, 0.6) is 5.75 Å². The van der Waals surface area contributed by atoms with Gasteiger partial charge in [0.05, 0.1) is 25.1 Å². The van der Waals surface area contributed by atoms with Crippen LogP contribution < -0.4 is 10.1 Å². The van der Waals surface area contributed by atoms with E-state index in [1.54, 1.807) is 34.0 Å². The molecule has 174 valence electrons. The van der Waals surface area contributed by atoms with E-state index in [1.807, 2.05) is 19.9 Å². The van der Waals surface area contributed by atoms with Gasteiger partial charge in [-0.25, -0.2) is 4.68 Å². The standard InChI is InChI=1S/C22H25ClN6O4/c1-3-29-20(22(31)27-8-10-32-11-9-27)19(13-24-29)25-21(30)18-6-7-28(26-18)14-33-16-4-5-17(23)15(2)12-16/h4-7,12-13H,3,8-11,14H2,1-2H3,(H,25,30). The summed E-state index contributed by atoms with van der Waals surface area (Å²) >= 11 is 6.04. The number of carbonyl (C=O) groups is 2. The Bertz CT molecular complexity index is 1150. The molecule has 0 saturated carbocycles. The average molecular weight is 473 g/mol. The first-order chi connectivity index (χ1) is 16.0. The molecule has 33 heavy (non-hydrogen) atoms. The first kappa shape index (κ1) is 22.8. The topological polar surface area (TPSA) is 104 Å². The van der Waals surface area contributed by atoms with Crippen molar-refractivity contribution < 1.29 is 19.1 Å². The van der Waals surface area contributed by atoms with Crippen molar-refractivity contribution >= 4 is 29.1 Å². The lowest BCUT2D eigenvalue weighted by molar-refractivity contribution is 0.0295. The first-order valence-corrected chi connectivity index (χ1v) is 11.0. The van der Waals surface area contributed by atoms with Crippen LogP contribution in [-0.2, 0) is 18.0 Å². The van der Waals surface area contributed by atoms with Gasteiger partial charge in [-0.05, 0) is 43.7 Å². The second-order valence-corrected chi connectivity index (χ2v) is 7.91. The smallest absolute Gasteiger partial charge is 0.276 e. The number of aromatic nitrogens is 4. The zero-order valence-corrected chi connectivity index (χ0v) is 19.2. The summed E-state index contributed by atoms with van der Waals surface area (Å²) in [5.74, 6) is 0.0181. The van der Waals surface area contributed by atoms with Gasteiger partial charge in [0.25, 0.3) is 11.8 Å². The number of nitrogens with zero attached hydrogens (tertiary/aromatic N) is 5. The molecule has 1 fully saturated rings. The van der Waals surface area contributed by atoms with Crippen molar-refractivity contribution in [1.29, 1.82) is 0 Å². The van der Waals surface area contributed by atoms with E-state index in [9.17, 15) is 9.59 Å². The number of nitrogens with one attached hydrogen (secondary N) is 1. The average Bonchev–Trinajstić information content (AvgIpc) is 3.47. The molecule has 0 aliphatic carbocycles. The SMILES string of the molecule is CCn1ncc(NC(=O)c2ccn(COc3ccc(Cl)c(C)c3)n2)c1C(=O)N1CCOCC1. The fourth-order valence-corrected chi connectivity index (χ4v) is 3.56. The third kappa shape index (κ3) is 5.18. The van der Waals surface area contributed by atoms with E-state index >= 15 is 0 Å². The minimum atomic E-state index is -0.442. The lowest BCUT2D eigenvalue weighted by atomic mass is 10.2. The van der Waals surface area contributed by atoms with Crippen molar-refractivity contribution in [3.05, 3.63) is 58.6 Å². The highest BCUT2D eigenvalue weighted by molar-refractivity contribution is 6.31. The summed E-state index contributed by atoms with van der Waals surface area (Å²) in [6, 6.07) is 6.95.